The minimum absolute atomic E-state index is 0.270. The SMILES string of the molecule is CCN1CCN(c2ccc(-c3cc4nc(OC5CCC5)[nH]c4cc3Cl)c(OC)n2)CC1. The zero-order chi connectivity index (χ0) is 21.4. The highest BCUT2D eigenvalue weighted by molar-refractivity contribution is 6.34. The molecule has 7 nitrogen and oxygen atoms in total. The monoisotopic (exact) mass is 441 g/mol. The fraction of sp³-hybridized carbons (Fsp3) is 0.478. The van der Waals surface area contributed by atoms with Crippen LogP contribution in [0, 0.1) is 0 Å². The summed E-state index contributed by atoms with van der Waals surface area (Å²) in [5.74, 6) is 1.50. The van der Waals surface area contributed by atoms with E-state index >= 15 is 0 Å². The van der Waals surface area contributed by atoms with E-state index in [1.54, 1.807) is 7.11 Å². The summed E-state index contributed by atoms with van der Waals surface area (Å²) in [4.78, 5) is 17.4. The lowest BCUT2D eigenvalue weighted by atomic mass is 9.96. The normalized spacial score (nSPS) is 17.7. The minimum atomic E-state index is 0.270. The summed E-state index contributed by atoms with van der Waals surface area (Å²) in [7, 11) is 1.65. The first-order valence-corrected chi connectivity index (χ1v) is 11.4. The number of likely N-dealkylation sites (N-methyl/N-ethyl adjacent to an activating group) is 1. The number of hydrogen-bond donors (Lipinski definition) is 1. The number of pyridine rings is 1. The summed E-state index contributed by atoms with van der Waals surface area (Å²) in [6.07, 6.45) is 3.67. The molecular weight excluding hydrogens is 414 g/mol. The average molecular weight is 442 g/mol. The number of fused-ring (bicyclic) bond motifs is 1. The maximum atomic E-state index is 6.65. The van der Waals surface area contributed by atoms with Crippen molar-refractivity contribution in [1.82, 2.24) is 19.9 Å². The van der Waals surface area contributed by atoms with Crippen LogP contribution >= 0.6 is 11.6 Å². The molecule has 164 valence electrons. The number of methoxy groups -OCH3 is 1. The molecule has 31 heavy (non-hydrogen) atoms. The summed E-state index contributed by atoms with van der Waals surface area (Å²) >= 11 is 6.65. The van der Waals surface area contributed by atoms with Gasteiger partial charge in [0.25, 0.3) is 6.01 Å². The molecule has 3 heterocycles. The van der Waals surface area contributed by atoms with Crippen LogP contribution in [0.1, 0.15) is 26.2 Å². The van der Waals surface area contributed by atoms with Crippen molar-refractivity contribution in [1.29, 1.82) is 0 Å². The lowest BCUT2D eigenvalue weighted by Crippen LogP contribution is -2.46. The Hall–Kier alpha value is -2.51. The maximum Gasteiger partial charge on any atom is 0.294 e. The topological polar surface area (TPSA) is 66.5 Å². The number of H-pyrrole nitrogens is 1. The van der Waals surface area contributed by atoms with Crippen LogP contribution in [-0.2, 0) is 0 Å². The van der Waals surface area contributed by atoms with Gasteiger partial charge >= 0.3 is 0 Å². The smallest absolute Gasteiger partial charge is 0.294 e. The third-order valence-corrected chi connectivity index (χ3v) is 6.66. The zero-order valence-electron chi connectivity index (χ0n) is 18.0. The molecule has 0 spiro atoms. The summed E-state index contributed by atoms with van der Waals surface area (Å²) in [6, 6.07) is 8.51. The van der Waals surface area contributed by atoms with E-state index < -0.39 is 0 Å². The zero-order valence-corrected chi connectivity index (χ0v) is 18.8. The van der Waals surface area contributed by atoms with Crippen molar-refractivity contribution in [2.45, 2.75) is 32.3 Å². The second-order valence-corrected chi connectivity index (χ2v) is 8.62. The summed E-state index contributed by atoms with van der Waals surface area (Å²) in [5.41, 5.74) is 3.38. The molecule has 5 rings (SSSR count). The number of aromatic nitrogens is 3. The molecule has 0 unspecified atom stereocenters. The summed E-state index contributed by atoms with van der Waals surface area (Å²) in [6.45, 7) is 7.32. The molecular formula is C23H28ClN5O2. The maximum absolute atomic E-state index is 6.65. The van der Waals surface area contributed by atoms with E-state index in [0.717, 1.165) is 73.5 Å². The Morgan fingerprint density at radius 2 is 1.90 bits per heavy atom. The van der Waals surface area contributed by atoms with Gasteiger partial charge in [-0.15, -0.1) is 0 Å². The lowest BCUT2D eigenvalue weighted by Gasteiger charge is -2.34. The Bertz CT molecular complexity index is 1070. The van der Waals surface area contributed by atoms with Gasteiger partial charge < -0.3 is 24.3 Å². The van der Waals surface area contributed by atoms with E-state index in [4.69, 9.17) is 26.1 Å². The number of benzene rings is 1. The molecule has 1 N–H and O–H groups in total. The average Bonchev–Trinajstić information content (AvgIpc) is 3.16. The number of aromatic amines is 1. The Balaban J connectivity index is 1.43. The molecule has 2 aliphatic rings. The molecule has 1 saturated carbocycles. The molecule has 0 bridgehead atoms. The van der Waals surface area contributed by atoms with E-state index in [1.165, 1.54) is 6.42 Å². The van der Waals surface area contributed by atoms with Crippen LogP contribution in [-0.4, -0.2) is 65.8 Å². The van der Waals surface area contributed by atoms with Gasteiger partial charge in [0.2, 0.25) is 5.88 Å². The van der Waals surface area contributed by atoms with Crippen molar-refractivity contribution in [3.63, 3.8) is 0 Å². The minimum Gasteiger partial charge on any atom is -0.480 e. The van der Waals surface area contributed by atoms with Gasteiger partial charge in [-0.25, -0.2) is 0 Å². The predicted molar refractivity (Wildman–Crippen MR) is 123 cm³/mol. The van der Waals surface area contributed by atoms with Crippen LogP contribution in [0.5, 0.6) is 11.9 Å². The molecule has 2 fully saturated rings. The van der Waals surface area contributed by atoms with Crippen molar-refractivity contribution in [3.8, 4) is 23.0 Å². The highest BCUT2D eigenvalue weighted by Gasteiger charge is 2.22. The molecule has 1 aliphatic carbocycles. The largest absolute Gasteiger partial charge is 0.480 e. The van der Waals surface area contributed by atoms with Crippen LogP contribution in [0.4, 0.5) is 5.82 Å². The number of nitrogens with zero attached hydrogens (tertiary/aromatic N) is 4. The van der Waals surface area contributed by atoms with Gasteiger partial charge in [0.05, 0.1) is 23.2 Å². The number of nitrogens with one attached hydrogen (secondary N) is 1. The van der Waals surface area contributed by atoms with Crippen LogP contribution in [0.2, 0.25) is 5.02 Å². The Morgan fingerprint density at radius 3 is 2.58 bits per heavy atom. The quantitative estimate of drug-likeness (QED) is 0.613. The number of halogens is 1. The van der Waals surface area contributed by atoms with E-state index in [9.17, 15) is 0 Å². The van der Waals surface area contributed by atoms with Gasteiger partial charge in [-0.1, -0.05) is 18.5 Å². The van der Waals surface area contributed by atoms with Crippen molar-refractivity contribution in [3.05, 3.63) is 29.3 Å². The Kier molecular flexibility index (Phi) is 5.63. The van der Waals surface area contributed by atoms with Crippen molar-refractivity contribution >= 4 is 28.5 Å². The van der Waals surface area contributed by atoms with E-state index in [1.807, 2.05) is 18.2 Å². The number of piperazine rings is 1. The molecule has 0 radical (unpaired) electrons. The standard InChI is InChI=1S/C23H28ClN5O2/c1-3-28-9-11-29(12-10-28)21-8-7-16(22(27-21)30-2)17-13-19-20(14-18(17)24)26-23(25-19)31-15-5-4-6-15/h7-8,13-15H,3-6,9-12H2,1-2H3,(H,25,26). The Labute approximate surface area is 187 Å². The molecule has 1 saturated heterocycles. The van der Waals surface area contributed by atoms with Crippen LogP contribution in [0.15, 0.2) is 24.3 Å². The van der Waals surface area contributed by atoms with E-state index in [2.05, 4.69) is 32.8 Å². The molecule has 1 aliphatic heterocycles. The second kappa shape index (κ2) is 8.55. The Morgan fingerprint density at radius 1 is 1.10 bits per heavy atom. The third kappa shape index (κ3) is 4.04. The van der Waals surface area contributed by atoms with Gasteiger partial charge in [-0.3, -0.25) is 0 Å². The second-order valence-electron chi connectivity index (χ2n) is 8.21. The summed E-state index contributed by atoms with van der Waals surface area (Å²) < 4.78 is 11.6. The van der Waals surface area contributed by atoms with Crippen LogP contribution in [0.25, 0.3) is 22.2 Å². The van der Waals surface area contributed by atoms with Crippen LogP contribution in [0.3, 0.4) is 0 Å². The highest BCUT2D eigenvalue weighted by Crippen LogP contribution is 2.38. The fourth-order valence-corrected chi connectivity index (χ4v) is 4.44. The van der Waals surface area contributed by atoms with Crippen molar-refractivity contribution in [2.75, 3.05) is 44.7 Å². The first-order valence-electron chi connectivity index (χ1n) is 11.0. The number of hydrogen-bond acceptors (Lipinski definition) is 6. The van der Waals surface area contributed by atoms with Gasteiger partial charge in [0.1, 0.15) is 11.9 Å². The van der Waals surface area contributed by atoms with E-state index in [-0.39, 0.29) is 6.10 Å². The fourth-order valence-electron chi connectivity index (χ4n) is 4.18. The van der Waals surface area contributed by atoms with Crippen molar-refractivity contribution < 1.29 is 9.47 Å². The molecule has 3 aromatic rings. The predicted octanol–water partition coefficient (Wildman–Crippen LogP) is 4.36. The third-order valence-electron chi connectivity index (χ3n) is 6.35. The van der Waals surface area contributed by atoms with Gasteiger partial charge in [0, 0.05) is 37.3 Å². The van der Waals surface area contributed by atoms with E-state index in [0.29, 0.717) is 16.9 Å². The molecule has 8 heteroatoms. The highest BCUT2D eigenvalue weighted by atomic mass is 35.5. The summed E-state index contributed by atoms with van der Waals surface area (Å²) in [5, 5.41) is 0.621. The number of anilines is 1. The number of imidazole rings is 1. The molecule has 0 atom stereocenters. The van der Waals surface area contributed by atoms with Gasteiger partial charge in [0.15, 0.2) is 0 Å². The van der Waals surface area contributed by atoms with Gasteiger partial charge in [-0.2, -0.15) is 9.97 Å². The first-order chi connectivity index (χ1) is 15.1. The molecule has 1 aromatic carbocycles. The van der Waals surface area contributed by atoms with Gasteiger partial charge in [-0.05, 0) is 50.1 Å². The van der Waals surface area contributed by atoms with Crippen molar-refractivity contribution in [2.24, 2.45) is 0 Å². The first kappa shape index (κ1) is 20.4. The molecule has 2 aromatic heterocycles. The number of rotatable bonds is 6. The molecule has 0 amide bonds. The van der Waals surface area contributed by atoms with Crippen LogP contribution < -0.4 is 14.4 Å². The number of ether oxygens (including phenoxy) is 2. The lowest BCUT2D eigenvalue weighted by molar-refractivity contribution is 0.110.